The van der Waals surface area contributed by atoms with Gasteiger partial charge < -0.3 is 9.84 Å². The van der Waals surface area contributed by atoms with E-state index in [0.717, 1.165) is 23.3 Å². The first-order valence-corrected chi connectivity index (χ1v) is 7.39. The third-order valence-electron chi connectivity index (χ3n) is 3.40. The van der Waals surface area contributed by atoms with Crippen molar-refractivity contribution in [1.82, 2.24) is 5.43 Å². The number of phenolic OH excluding ortho intramolecular Hbond substituents is 1. The number of hydrazone groups is 1. The summed E-state index contributed by atoms with van der Waals surface area (Å²) in [5, 5.41) is 13.6. The first kappa shape index (κ1) is 17.5. The number of ether oxygens (including phenoxy) is 1. The third kappa shape index (κ3) is 4.55. The highest BCUT2D eigenvalue weighted by molar-refractivity contribution is 6.01. The fourth-order valence-electron chi connectivity index (χ4n) is 2.04. The summed E-state index contributed by atoms with van der Waals surface area (Å²) < 4.78 is 18.7. The van der Waals surface area contributed by atoms with Crippen LogP contribution in [0.4, 0.5) is 4.39 Å². The number of carbonyl (C=O) groups excluding carboxylic acids is 1. The van der Waals surface area contributed by atoms with Gasteiger partial charge in [0, 0.05) is 5.56 Å². The van der Waals surface area contributed by atoms with Gasteiger partial charge >= 0.3 is 0 Å². The van der Waals surface area contributed by atoms with Gasteiger partial charge in [-0.1, -0.05) is 12.1 Å². The van der Waals surface area contributed by atoms with E-state index in [0.29, 0.717) is 5.75 Å². The largest absolute Gasteiger partial charge is 0.507 e. The molecule has 0 unspecified atom stereocenters. The highest BCUT2D eigenvalue weighted by atomic mass is 19.1. The quantitative estimate of drug-likeness (QED) is 0.654. The summed E-state index contributed by atoms with van der Waals surface area (Å²) in [6.07, 6.45) is 0. The van der Waals surface area contributed by atoms with Crippen molar-refractivity contribution in [2.75, 3.05) is 6.61 Å². The molecule has 0 aliphatic carbocycles. The summed E-state index contributed by atoms with van der Waals surface area (Å²) in [5.74, 6) is -0.430. The predicted octanol–water partition coefficient (Wildman–Crippen LogP) is 3.07. The molecule has 0 atom stereocenters. The Balaban J connectivity index is 1.97. The van der Waals surface area contributed by atoms with Crippen LogP contribution in [0, 0.1) is 19.7 Å². The van der Waals surface area contributed by atoms with Gasteiger partial charge in [-0.2, -0.15) is 5.10 Å². The first-order chi connectivity index (χ1) is 11.4. The lowest BCUT2D eigenvalue weighted by Gasteiger charge is -2.09. The zero-order valence-corrected chi connectivity index (χ0v) is 13.8. The Labute approximate surface area is 139 Å². The van der Waals surface area contributed by atoms with Gasteiger partial charge in [-0.3, -0.25) is 4.79 Å². The lowest BCUT2D eigenvalue weighted by molar-refractivity contribution is -0.123. The number of rotatable bonds is 5. The lowest BCUT2D eigenvalue weighted by Crippen LogP contribution is -2.25. The van der Waals surface area contributed by atoms with Crippen molar-refractivity contribution < 1.29 is 19.0 Å². The molecule has 0 saturated carbocycles. The van der Waals surface area contributed by atoms with E-state index in [9.17, 15) is 14.3 Å². The number of hydrogen-bond acceptors (Lipinski definition) is 4. The third-order valence-corrected chi connectivity index (χ3v) is 3.40. The van der Waals surface area contributed by atoms with Gasteiger partial charge in [0.15, 0.2) is 6.61 Å². The topological polar surface area (TPSA) is 70.9 Å². The Bertz CT molecular complexity index is 788. The van der Waals surface area contributed by atoms with Crippen molar-refractivity contribution >= 4 is 11.6 Å². The van der Waals surface area contributed by atoms with Gasteiger partial charge in [-0.05, 0) is 56.2 Å². The molecule has 2 rings (SSSR count). The molecule has 2 aromatic carbocycles. The summed E-state index contributed by atoms with van der Waals surface area (Å²) in [7, 11) is 0. The number of amides is 1. The molecule has 0 heterocycles. The fourth-order valence-corrected chi connectivity index (χ4v) is 2.04. The number of aryl methyl sites for hydroxylation is 2. The predicted molar refractivity (Wildman–Crippen MR) is 89.8 cm³/mol. The molecule has 6 heteroatoms. The lowest BCUT2D eigenvalue weighted by atomic mass is 10.1. The molecule has 0 radical (unpaired) electrons. The number of nitrogens with zero attached hydrogens (tertiary/aromatic N) is 1. The van der Waals surface area contributed by atoms with Crippen LogP contribution in [0.1, 0.15) is 23.6 Å². The number of halogens is 1. The molecule has 126 valence electrons. The van der Waals surface area contributed by atoms with E-state index < -0.39 is 11.7 Å². The van der Waals surface area contributed by atoms with E-state index in [2.05, 4.69) is 10.5 Å². The summed E-state index contributed by atoms with van der Waals surface area (Å²) >= 11 is 0. The average molecular weight is 330 g/mol. The average Bonchev–Trinajstić information content (AvgIpc) is 2.55. The van der Waals surface area contributed by atoms with Crippen molar-refractivity contribution in [3.63, 3.8) is 0 Å². The minimum Gasteiger partial charge on any atom is -0.507 e. The van der Waals surface area contributed by atoms with Crippen LogP contribution < -0.4 is 10.2 Å². The van der Waals surface area contributed by atoms with Crippen molar-refractivity contribution in [1.29, 1.82) is 0 Å². The molecule has 0 aromatic heterocycles. The number of carbonyl (C=O) groups is 1. The maximum atomic E-state index is 13.2. The number of benzene rings is 2. The van der Waals surface area contributed by atoms with Gasteiger partial charge in [0.1, 0.15) is 17.3 Å². The van der Waals surface area contributed by atoms with Crippen LogP contribution >= 0.6 is 0 Å². The number of hydrogen-bond donors (Lipinski definition) is 2. The molecule has 5 nitrogen and oxygen atoms in total. The van der Waals surface area contributed by atoms with Gasteiger partial charge in [-0.25, -0.2) is 9.82 Å². The summed E-state index contributed by atoms with van der Waals surface area (Å²) in [6.45, 7) is 5.18. The van der Waals surface area contributed by atoms with Crippen molar-refractivity contribution in [3.8, 4) is 11.5 Å². The van der Waals surface area contributed by atoms with Gasteiger partial charge in [0.25, 0.3) is 5.91 Å². The fraction of sp³-hybridized carbons (Fsp3) is 0.222. The molecule has 24 heavy (non-hydrogen) atoms. The monoisotopic (exact) mass is 330 g/mol. The molecule has 0 bridgehead atoms. The molecule has 2 aromatic rings. The molecule has 0 spiro atoms. The molecule has 0 fully saturated rings. The second kappa shape index (κ2) is 7.59. The van der Waals surface area contributed by atoms with E-state index in [4.69, 9.17) is 4.74 Å². The van der Waals surface area contributed by atoms with Crippen LogP contribution in [-0.4, -0.2) is 23.3 Å². The van der Waals surface area contributed by atoms with E-state index >= 15 is 0 Å². The van der Waals surface area contributed by atoms with Crippen LogP contribution in [0.3, 0.4) is 0 Å². The molecular weight excluding hydrogens is 311 g/mol. The molecular formula is C18H19FN2O3. The Morgan fingerprint density at radius 1 is 1.25 bits per heavy atom. The van der Waals surface area contributed by atoms with Crippen molar-refractivity contribution in [2.24, 2.45) is 5.10 Å². The highest BCUT2D eigenvalue weighted by Gasteiger charge is 2.08. The van der Waals surface area contributed by atoms with Gasteiger partial charge in [0.05, 0.1) is 5.71 Å². The van der Waals surface area contributed by atoms with Crippen LogP contribution in [-0.2, 0) is 4.79 Å². The van der Waals surface area contributed by atoms with Gasteiger partial charge in [-0.15, -0.1) is 0 Å². The molecule has 2 N–H and O–H groups in total. The second-order valence-corrected chi connectivity index (χ2v) is 5.45. The smallest absolute Gasteiger partial charge is 0.277 e. The zero-order valence-electron chi connectivity index (χ0n) is 13.8. The number of nitrogens with one attached hydrogen (secondary N) is 1. The zero-order chi connectivity index (χ0) is 17.7. The molecule has 0 aliphatic rings. The van der Waals surface area contributed by atoms with E-state index in [1.807, 2.05) is 32.0 Å². The van der Waals surface area contributed by atoms with Crippen LogP contribution in [0.15, 0.2) is 41.5 Å². The second-order valence-electron chi connectivity index (χ2n) is 5.45. The summed E-state index contributed by atoms with van der Waals surface area (Å²) in [4.78, 5) is 11.8. The Morgan fingerprint density at radius 3 is 2.75 bits per heavy atom. The molecule has 0 aliphatic heterocycles. The summed E-state index contributed by atoms with van der Waals surface area (Å²) in [6, 6.07) is 9.24. The Hall–Kier alpha value is -2.89. The standard InChI is InChI=1S/C18H19FN2O3/c1-11-4-5-12(2)17(8-11)24-10-18(23)21-20-13(3)15-9-14(19)6-7-16(15)22/h4-9,22H,10H2,1-3H3,(H,21,23)/b20-13+. The maximum absolute atomic E-state index is 13.2. The van der Waals surface area contributed by atoms with E-state index in [-0.39, 0.29) is 23.6 Å². The highest BCUT2D eigenvalue weighted by Crippen LogP contribution is 2.19. The Kier molecular flexibility index (Phi) is 5.52. The number of aromatic hydroxyl groups is 1. The van der Waals surface area contributed by atoms with Crippen LogP contribution in [0.5, 0.6) is 11.5 Å². The van der Waals surface area contributed by atoms with Gasteiger partial charge in [0.2, 0.25) is 0 Å². The van der Waals surface area contributed by atoms with E-state index in [1.54, 1.807) is 6.92 Å². The number of phenols is 1. The summed E-state index contributed by atoms with van der Waals surface area (Å²) in [5.41, 5.74) is 4.78. The SMILES string of the molecule is C/C(=N\NC(=O)COc1cc(C)ccc1C)c1cc(F)ccc1O. The minimum atomic E-state index is -0.498. The molecule has 0 saturated heterocycles. The van der Waals surface area contributed by atoms with Crippen molar-refractivity contribution in [3.05, 3.63) is 58.9 Å². The first-order valence-electron chi connectivity index (χ1n) is 7.39. The van der Waals surface area contributed by atoms with Crippen LogP contribution in [0.2, 0.25) is 0 Å². The Morgan fingerprint density at radius 2 is 2.00 bits per heavy atom. The van der Waals surface area contributed by atoms with E-state index in [1.165, 1.54) is 6.07 Å². The minimum absolute atomic E-state index is 0.112. The van der Waals surface area contributed by atoms with Crippen LogP contribution in [0.25, 0.3) is 0 Å². The van der Waals surface area contributed by atoms with Crippen molar-refractivity contribution in [2.45, 2.75) is 20.8 Å². The maximum Gasteiger partial charge on any atom is 0.277 e. The normalized spacial score (nSPS) is 11.2. The molecule has 1 amide bonds.